The summed E-state index contributed by atoms with van der Waals surface area (Å²) >= 11 is 0. The van der Waals surface area contributed by atoms with E-state index in [0.717, 1.165) is 11.1 Å². The van der Waals surface area contributed by atoms with Gasteiger partial charge in [0.1, 0.15) is 5.75 Å². The molecule has 23 heavy (non-hydrogen) atoms. The normalized spacial score (nSPS) is 10.0. The summed E-state index contributed by atoms with van der Waals surface area (Å²) in [6.07, 6.45) is 0. The lowest BCUT2D eigenvalue weighted by Crippen LogP contribution is -2.21. The first-order valence-electron chi connectivity index (χ1n) is 7.18. The Balaban J connectivity index is 1.93. The number of benzene rings is 2. The van der Waals surface area contributed by atoms with E-state index in [-0.39, 0.29) is 12.5 Å². The molecular weight excluding hydrogens is 294 g/mol. The van der Waals surface area contributed by atoms with Gasteiger partial charge in [0.05, 0.1) is 12.7 Å². The van der Waals surface area contributed by atoms with Crippen LogP contribution in [0.4, 0.5) is 5.69 Å². The second-order valence-corrected chi connectivity index (χ2v) is 5.17. The summed E-state index contributed by atoms with van der Waals surface area (Å²) < 4.78 is 10.1. The average Bonchev–Trinajstić information content (AvgIpc) is 2.56. The number of hydrogen-bond acceptors (Lipinski definition) is 4. The van der Waals surface area contributed by atoms with Crippen LogP contribution in [0.3, 0.4) is 0 Å². The second kappa shape index (κ2) is 7.45. The molecule has 0 radical (unpaired) electrons. The largest absolute Gasteiger partial charge is 0.497 e. The number of methoxy groups -OCH3 is 1. The van der Waals surface area contributed by atoms with Gasteiger partial charge in [-0.05, 0) is 49.2 Å². The quantitative estimate of drug-likeness (QED) is 0.861. The van der Waals surface area contributed by atoms with Crippen molar-refractivity contribution < 1.29 is 19.1 Å². The van der Waals surface area contributed by atoms with Crippen molar-refractivity contribution in [2.45, 2.75) is 13.8 Å². The minimum absolute atomic E-state index is 0.337. The Morgan fingerprint density at radius 1 is 1.09 bits per heavy atom. The lowest BCUT2D eigenvalue weighted by atomic mass is 10.1. The molecule has 2 rings (SSSR count). The van der Waals surface area contributed by atoms with E-state index >= 15 is 0 Å². The first-order chi connectivity index (χ1) is 11.0. The van der Waals surface area contributed by atoms with E-state index in [4.69, 9.17) is 9.47 Å². The third kappa shape index (κ3) is 4.57. The van der Waals surface area contributed by atoms with Crippen molar-refractivity contribution in [1.82, 2.24) is 0 Å². The summed E-state index contributed by atoms with van der Waals surface area (Å²) in [7, 11) is 1.52. The molecular formula is C18H19NO4. The highest BCUT2D eigenvalue weighted by Crippen LogP contribution is 2.16. The fourth-order valence-electron chi connectivity index (χ4n) is 2.02. The summed E-state index contributed by atoms with van der Waals surface area (Å²) in [5.41, 5.74) is 3.04. The summed E-state index contributed by atoms with van der Waals surface area (Å²) in [5, 5.41) is 2.74. The van der Waals surface area contributed by atoms with Gasteiger partial charge in [-0.15, -0.1) is 0 Å². The van der Waals surface area contributed by atoms with Crippen molar-refractivity contribution in [3.8, 4) is 5.75 Å². The lowest BCUT2D eigenvalue weighted by molar-refractivity contribution is -0.119. The van der Waals surface area contributed by atoms with Crippen LogP contribution in [-0.4, -0.2) is 25.6 Å². The highest BCUT2D eigenvalue weighted by atomic mass is 16.5. The Hall–Kier alpha value is -2.82. The van der Waals surface area contributed by atoms with Gasteiger partial charge in [0, 0.05) is 5.69 Å². The number of hydrogen-bond donors (Lipinski definition) is 1. The molecule has 0 saturated carbocycles. The van der Waals surface area contributed by atoms with Crippen LogP contribution in [0.15, 0.2) is 42.5 Å². The molecule has 0 saturated heterocycles. The lowest BCUT2D eigenvalue weighted by Gasteiger charge is -2.10. The fraction of sp³-hybridized carbons (Fsp3) is 0.222. The van der Waals surface area contributed by atoms with Gasteiger partial charge in [0.15, 0.2) is 6.61 Å². The summed E-state index contributed by atoms with van der Waals surface area (Å²) in [6, 6.07) is 12.3. The summed E-state index contributed by atoms with van der Waals surface area (Å²) in [6.45, 7) is 3.50. The summed E-state index contributed by atoms with van der Waals surface area (Å²) in [5.74, 6) is -0.394. The van der Waals surface area contributed by atoms with Crippen LogP contribution in [0, 0.1) is 13.8 Å². The number of anilines is 1. The van der Waals surface area contributed by atoms with E-state index < -0.39 is 5.97 Å². The van der Waals surface area contributed by atoms with Crippen LogP contribution in [-0.2, 0) is 9.53 Å². The third-order valence-corrected chi connectivity index (χ3v) is 3.31. The van der Waals surface area contributed by atoms with Gasteiger partial charge < -0.3 is 14.8 Å². The third-order valence-electron chi connectivity index (χ3n) is 3.31. The predicted molar refractivity (Wildman–Crippen MR) is 87.8 cm³/mol. The van der Waals surface area contributed by atoms with E-state index in [1.165, 1.54) is 7.11 Å². The highest BCUT2D eigenvalue weighted by molar-refractivity contribution is 5.96. The molecule has 2 aromatic carbocycles. The zero-order valence-electron chi connectivity index (χ0n) is 13.4. The Morgan fingerprint density at radius 3 is 2.61 bits per heavy atom. The molecule has 2 aromatic rings. The zero-order chi connectivity index (χ0) is 16.8. The van der Waals surface area contributed by atoms with E-state index in [2.05, 4.69) is 5.32 Å². The molecule has 0 atom stereocenters. The standard InChI is InChI=1S/C18H19NO4/c1-12-7-8-13(2)16(9-12)19-17(20)11-23-18(21)14-5-4-6-15(10-14)22-3/h4-10H,11H2,1-3H3,(H,19,20). The van der Waals surface area contributed by atoms with Crippen LogP contribution in [0.2, 0.25) is 0 Å². The number of ether oxygens (including phenoxy) is 2. The van der Waals surface area contributed by atoms with Crippen LogP contribution in [0.1, 0.15) is 21.5 Å². The van der Waals surface area contributed by atoms with Crippen molar-refractivity contribution in [2.75, 3.05) is 19.0 Å². The molecule has 0 aliphatic rings. The van der Waals surface area contributed by atoms with E-state index in [1.807, 2.05) is 32.0 Å². The highest BCUT2D eigenvalue weighted by Gasteiger charge is 2.12. The molecule has 0 spiro atoms. The van der Waals surface area contributed by atoms with E-state index in [1.54, 1.807) is 24.3 Å². The molecule has 5 nitrogen and oxygen atoms in total. The Bertz CT molecular complexity index is 725. The minimum atomic E-state index is -0.569. The van der Waals surface area contributed by atoms with Gasteiger partial charge in [0.25, 0.3) is 5.91 Å². The van der Waals surface area contributed by atoms with Gasteiger partial charge in [-0.1, -0.05) is 18.2 Å². The van der Waals surface area contributed by atoms with Crippen molar-refractivity contribution in [3.05, 3.63) is 59.2 Å². The van der Waals surface area contributed by atoms with Crippen molar-refractivity contribution in [2.24, 2.45) is 0 Å². The predicted octanol–water partition coefficient (Wildman–Crippen LogP) is 3.11. The Kier molecular flexibility index (Phi) is 5.36. The zero-order valence-corrected chi connectivity index (χ0v) is 13.4. The van der Waals surface area contributed by atoms with Gasteiger partial charge in [0.2, 0.25) is 0 Å². The molecule has 0 aromatic heterocycles. The van der Waals surface area contributed by atoms with Gasteiger partial charge in [-0.3, -0.25) is 4.79 Å². The van der Waals surface area contributed by atoms with E-state index in [0.29, 0.717) is 17.0 Å². The van der Waals surface area contributed by atoms with E-state index in [9.17, 15) is 9.59 Å². The number of carbonyl (C=O) groups is 2. The molecule has 0 aliphatic heterocycles. The van der Waals surface area contributed by atoms with Crippen molar-refractivity contribution in [3.63, 3.8) is 0 Å². The first-order valence-corrected chi connectivity index (χ1v) is 7.18. The number of amides is 1. The first kappa shape index (κ1) is 16.5. The number of rotatable bonds is 5. The van der Waals surface area contributed by atoms with Gasteiger partial charge in [-0.2, -0.15) is 0 Å². The number of nitrogens with one attached hydrogen (secondary N) is 1. The molecule has 0 heterocycles. The molecule has 0 aliphatic carbocycles. The maximum absolute atomic E-state index is 11.9. The second-order valence-electron chi connectivity index (χ2n) is 5.17. The van der Waals surface area contributed by atoms with Crippen molar-refractivity contribution in [1.29, 1.82) is 0 Å². The molecule has 120 valence electrons. The van der Waals surface area contributed by atoms with Crippen LogP contribution >= 0.6 is 0 Å². The average molecular weight is 313 g/mol. The molecule has 0 fully saturated rings. The van der Waals surface area contributed by atoms with Crippen molar-refractivity contribution >= 4 is 17.6 Å². The molecule has 5 heteroatoms. The molecule has 1 N–H and O–H groups in total. The fourth-order valence-corrected chi connectivity index (χ4v) is 2.02. The number of aryl methyl sites for hydroxylation is 2. The smallest absolute Gasteiger partial charge is 0.338 e. The van der Waals surface area contributed by atoms with Gasteiger partial charge in [-0.25, -0.2) is 4.79 Å². The Morgan fingerprint density at radius 2 is 1.87 bits per heavy atom. The molecule has 0 bridgehead atoms. The summed E-state index contributed by atoms with van der Waals surface area (Å²) in [4.78, 5) is 23.9. The van der Waals surface area contributed by atoms with Gasteiger partial charge >= 0.3 is 5.97 Å². The van der Waals surface area contributed by atoms with Crippen LogP contribution < -0.4 is 10.1 Å². The number of esters is 1. The number of carbonyl (C=O) groups excluding carboxylic acids is 2. The van der Waals surface area contributed by atoms with Crippen LogP contribution in [0.25, 0.3) is 0 Å². The maximum atomic E-state index is 11.9. The molecule has 0 unspecified atom stereocenters. The maximum Gasteiger partial charge on any atom is 0.338 e. The monoisotopic (exact) mass is 313 g/mol. The Labute approximate surface area is 135 Å². The SMILES string of the molecule is COc1cccc(C(=O)OCC(=O)Nc2cc(C)ccc2C)c1. The minimum Gasteiger partial charge on any atom is -0.497 e. The topological polar surface area (TPSA) is 64.6 Å². The van der Waals surface area contributed by atoms with Crippen LogP contribution in [0.5, 0.6) is 5.75 Å². The molecule has 1 amide bonds.